The Hall–Kier alpha value is -4.33. The molecule has 2 saturated heterocycles. The number of ether oxygens (including phenoxy) is 1. The molecule has 6 rings (SSSR count). The lowest BCUT2D eigenvalue weighted by atomic mass is 9.99. The minimum absolute atomic E-state index is 0.129. The van der Waals surface area contributed by atoms with Crippen molar-refractivity contribution in [1.29, 1.82) is 0 Å². The van der Waals surface area contributed by atoms with Crippen molar-refractivity contribution in [2.45, 2.75) is 24.9 Å². The van der Waals surface area contributed by atoms with Gasteiger partial charge in [0.05, 0.1) is 5.52 Å². The van der Waals surface area contributed by atoms with Crippen molar-refractivity contribution >= 4 is 45.0 Å². The number of rotatable bonds is 7. The average Bonchev–Trinajstić information content (AvgIpc) is 3.43. The van der Waals surface area contributed by atoms with Crippen molar-refractivity contribution < 1.29 is 13.9 Å². The predicted octanol–water partition coefficient (Wildman–Crippen LogP) is 5.23. The van der Waals surface area contributed by atoms with E-state index < -0.39 is 5.82 Å². The summed E-state index contributed by atoms with van der Waals surface area (Å²) in [5.41, 5.74) is 1.38. The van der Waals surface area contributed by atoms with Crippen molar-refractivity contribution in [3.05, 3.63) is 77.6 Å². The highest BCUT2D eigenvalue weighted by molar-refractivity contribution is 6.36. The van der Waals surface area contributed by atoms with Crippen molar-refractivity contribution in [1.82, 2.24) is 24.8 Å². The molecule has 2 aromatic carbocycles. The predicted molar refractivity (Wildman–Crippen MR) is 166 cm³/mol. The number of halogens is 2. The second kappa shape index (κ2) is 12.1. The number of anilines is 1. The minimum atomic E-state index is -0.467. The van der Waals surface area contributed by atoms with Crippen LogP contribution in [0.5, 0.6) is 6.01 Å². The van der Waals surface area contributed by atoms with Crippen LogP contribution in [0.1, 0.15) is 12.8 Å². The maximum absolute atomic E-state index is 16.0. The van der Waals surface area contributed by atoms with Gasteiger partial charge in [0.2, 0.25) is 12.5 Å². The summed E-state index contributed by atoms with van der Waals surface area (Å²) in [5.74, 6) is -0.186. The number of likely N-dealkylation sites (tertiary alicyclic amines) is 1. The van der Waals surface area contributed by atoms with Crippen LogP contribution in [0.15, 0.2) is 55.4 Å². The summed E-state index contributed by atoms with van der Waals surface area (Å²) < 4.78 is 22.2. The van der Waals surface area contributed by atoms with Gasteiger partial charge in [0, 0.05) is 70.4 Å². The number of fused-ring (bicyclic) bond motifs is 2. The summed E-state index contributed by atoms with van der Waals surface area (Å²) in [6.07, 6.45) is 6.71. The van der Waals surface area contributed by atoms with Gasteiger partial charge in [0.25, 0.3) is 0 Å². The highest BCUT2D eigenvalue weighted by Crippen LogP contribution is 2.38. The number of aromatic nitrogens is 3. The van der Waals surface area contributed by atoms with E-state index in [1.165, 1.54) is 12.1 Å². The Morgan fingerprint density at radius 1 is 1.21 bits per heavy atom. The van der Waals surface area contributed by atoms with E-state index in [9.17, 15) is 4.79 Å². The van der Waals surface area contributed by atoms with Crippen LogP contribution in [0.25, 0.3) is 37.6 Å². The van der Waals surface area contributed by atoms with Crippen molar-refractivity contribution in [3.8, 4) is 17.1 Å². The number of carbonyl (C=O) groups excluding carboxylic acids is 1. The van der Waals surface area contributed by atoms with Gasteiger partial charge in [-0.15, -0.1) is 0 Å². The molecular formula is C32H31ClFN7O2. The molecular weight excluding hydrogens is 569 g/mol. The monoisotopic (exact) mass is 599 g/mol. The number of benzene rings is 2. The normalized spacial score (nSPS) is 19.1. The summed E-state index contributed by atoms with van der Waals surface area (Å²) in [5, 5.41) is 2.52. The van der Waals surface area contributed by atoms with Gasteiger partial charge in [-0.25, -0.2) is 11.0 Å². The number of hydrogen-bond acceptors (Lipinski definition) is 7. The van der Waals surface area contributed by atoms with Crippen molar-refractivity contribution in [2.75, 3.05) is 51.3 Å². The number of piperazine rings is 1. The van der Waals surface area contributed by atoms with Crippen LogP contribution in [-0.4, -0.2) is 89.1 Å². The molecule has 4 aromatic rings. The Morgan fingerprint density at radius 2 is 2.07 bits per heavy atom. The van der Waals surface area contributed by atoms with Crippen LogP contribution in [0.3, 0.4) is 0 Å². The van der Waals surface area contributed by atoms with E-state index in [2.05, 4.69) is 28.4 Å². The fraction of sp³-hybridized carbons (Fsp3) is 0.344. The largest absolute Gasteiger partial charge is 0.462 e. The van der Waals surface area contributed by atoms with Gasteiger partial charge in [0.15, 0.2) is 0 Å². The number of nitrogens with zero attached hydrogens (tertiary/aromatic N) is 7. The quantitative estimate of drug-likeness (QED) is 0.213. The molecule has 0 unspecified atom stereocenters. The molecule has 11 heteroatoms. The Balaban J connectivity index is 1.45. The lowest BCUT2D eigenvalue weighted by Crippen LogP contribution is -2.56. The summed E-state index contributed by atoms with van der Waals surface area (Å²) in [6, 6.07) is 8.71. The first-order valence-corrected chi connectivity index (χ1v) is 14.6. The molecule has 0 N–H and O–H groups in total. The molecule has 2 aromatic heterocycles. The van der Waals surface area contributed by atoms with Gasteiger partial charge >= 0.3 is 6.01 Å². The third-order valence-corrected chi connectivity index (χ3v) is 8.70. The van der Waals surface area contributed by atoms with E-state index in [0.717, 1.165) is 24.8 Å². The zero-order valence-electron chi connectivity index (χ0n) is 23.8. The number of likely N-dealkylation sites (N-methyl/N-ethyl adjacent to an activating group) is 1. The van der Waals surface area contributed by atoms with Crippen molar-refractivity contribution in [3.63, 3.8) is 0 Å². The molecule has 0 saturated carbocycles. The Bertz CT molecular complexity index is 1750. The van der Waals surface area contributed by atoms with Gasteiger partial charge in [-0.2, -0.15) is 9.97 Å². The Kier molecular flexibility index (Phi) is 8.10. The van der Waals surface area contributed by atoms with E-state index >= 15 is 4.39 Å². The lowest BCUT2D eigenvalue weighted by Gasteiger charge is -2.39. The van der Waals surface area contributed by atoms with Crippen LogP contribution in [0, 0.1) is 12.4 Å². The SMILES string of the molecule is [C-]#[N+]C[C@H]1CN(c2nc(OC[C@@H]3CCCN3C)nc3cc(-c4cncc5cccc(Cl)c45)c(F)cc23)CCN1C(=O)C=C. The van der Waals surface area contributed by atoms with Gasteiger partial charge in [-0.05, 0) is 50.7 Å². The molecule has 9 nitrogen and oxygen atoms in total. The fourth-order valence-electron chi connectivity index (χ4n) is 6.09. The van der Waals surface area contributed by atoms with Gasteiger partial charge < -0.3 is 24.3 Å². The number of amides is 1. The van der Waals surface area contributed by atoms with E-state index in [0.29, 0.717) is 64.5 Å². The zero-order chi connectivity index (χ0) is 30.1. The number of pyridine rings is 1. The molecule has 2 aliphatic heterocycles. The van der Waals surface area contributed by atoms with E-state index in [4.69, 9.17) is 32.9 Å². The summed E-state index contributed by atoms with van der Waals surface area (Å²) >= 11 is 6.57. The molecule has 0 spiro atoms. The Morgan fingerprint density at radius 3 is 2.84 bits per heavy atom. The minimum Gasteiger partial charge on any atom is -0.462 e. The first-order valence-electron chi connectivity index (χ1n) is 14.3. The van der Waals surface area contributed by atoms with E-state index in [1.54, 1.807) is 29.4 Å². The fourth-order valence-corrected chi connectivity index (χ4v) is 6.38. The maximum atomic E-state index is 16.0. The van der Waals surface area contributed by atoms with Gasteiger partial charge in [-0.1, -0.05) is 30.3 Å². The first kappa shape index (κ1) is 28.8. The van der Waals surface area contributed by atoms with Crippen LogP contribution < -0.4 is 9.64 Å². The molecule has 43 heavy (non-hydrogen) atoms. The highest BCUT2D eigenvalue weighted by atomic mass is 35.5. The second-order valence-electron chi connectivity index (χ2n) is 11.0. The van der Waals surface area contributed by atoms with Crippen LogP contribution in [0.2, 0.25) is 5.02 Å². The first-order chi connectivity index (χ1) is 20.9. The molecule has 2 fully saturated rings. The third kappa shape index (κ3) is 5.58. The Labute approximate surface area is 254 Å². The summed E-state index contributed by atoms with van der Waals surface area (Å²) in [4.78, 5) is 35.8. The van der Waals surface area contributed by atoms with E-state index in [-0.39, 0.29) is 30.5 Å². The molecule has 1 amide bonds. The molecule has 2 aliphatic rings. The number of hydrogen-bond donors (Lipinski definition) is 0. The topological polar surface area (TPSA) is 79.1 Å². The lowest BCUT2D eigenvalue weighted by molar-refractivity contribution is -0.128. The maximum Gasteiger partial charge on any atom is 0.319 e. The average molecular weight is 600 g/mol. The van der Waals surface area contributed by atoms with Crippen LogP contribution in [0.4, 0.5) is 10.2 Å². The molecule has 2 atom stereocenters. The van der Waals surface area contributed by atoms with Crippen LogP contribution in [-0.2, 0) is 4.79 Å². The second-order valence-corrected chi connectivity index (χ2v) is 11.4. The zero-order valence-corrected chi connectivity index (χ0v) is 24.6. The van der Waals surface area contributed by atoms with Gasteiger partial charge in [0.1, 0.15) is 24.3 Å². The molecule has 0 aliphatic carbocycles. The molecule has 4 heterocycles. The molecule has 0 bridgehead atoms. The molecule has 0 radical (unpaired) electrons. The smallest absolute Gasteiger partial charge is 0.319 e. The van der Waals surface area contributed by atoms with Crippen LogP contribution >= 0.6 is 11.6 Å². The highest BCUT2D eigenvalue weighted by Gasteiger charge is 2.33. The summed E-state index contributed by atoms with van der Waals surface area (Å²) in [7, 11) is 2.08. The third-order valence-electron chi connectivity index (χ3n) is 8.38. The van der Waals surface area contributed by atoms with Crippen molar-refractivity contribution in [2.24, 2.45) is 0 Å². The summed E-state index contributed by atoms with van der Waals surface area (Å²) in [6.45, 7) is 13.8. The van der Waals surface area contributed by atoms with Gasteiger partial charge in [-0.3, -0.25) is 9.78 Å². The standard InChI is InChI=1S/C32H31ClFN7O2/c1-4-29(42)41-12-11-40(18-22(41)16-35-2)31-24-13-27(34)23(25-17-36-15-20-7-5-9-26(33)30(20)25)14-28(24)37-32(38-31)43-19-21-8-6-10-39(21)3/h4-5,7,9,13-15,17,21-22H,1,6,8,10-12,16,18-19H2,3H3/t21-,22-/m0/s1. The van der Waals surface area contributed by atoms with E-state index in [1.807, 2.05) is 17.0 Å². The molecule has 220 valence electrons. The number of carbonyl (C=O) groups is 1.